The first kappa shape index (κ1) is 9.85. The first-order valence-electron chi connectivity index (χ1n) is 5.73. The number of aryl methyl sites for hydroxylation is 1. The van der Waals surface area contributed by atoms with Gasteiger partial charge in [-0.2, -0.15) is 0 Å². The summed E-state index contributed by atoms with van der Waals surface area (Å²) in [6.45, 7) is 0. The van der Waals surface area contributed by atoms with E-state index in [1.54, 1.807) is 0 Å². The molecule has 2 aliphatic rings. The smallest absolute Gasteiger partial charge is 0.247 e. The number of hydroxylamine groups is 1. The molecule has 84 valence electrons. The predicted octanol–water partition coefficient (Wildman–Crippen LogP) is 1.64. The molecule has 1 aromatic carbocycles. The number of hydrogen-bond donors (Lipinski definition) is 1. The van der Waals surface area contributed by atoms with Gasteiger partial charge in [-0.05, 0) is 35.8 Å². The second-order valence-corrected chi connectivity index (χ2v) is 4.62. The third-order valence-electron chi connectivity index (χ3n) is 3.84. The van der Waals surface area contributed by atoms with Crippen LogP contribution in [-0.4, -0.2) is 13.0 Å². The number of nitrogens with one attached hydrogen (secondary N) is 1. The van der Waals surface area contributed by atoms with Crippen LogP contribution in [0.5, 0.6) is 0 Å². The Labute approximate surface area is 94.8 Å². The maximum atomic E-state index is 11.7. The summed E-state index contributed by atoms with van der Waals surface area (Å²) in [6.07, 6.45) is 2.23. The van der Waals surface area contributed by atoms with Crippen molar-refractivity contribution in [3.05, 3.63) is 35.4 Å². The Hall–Kier alpha value is -1.35. The summed E-state index contributed by atoms with van der Waals surface area (Å²) in [4.78, 5) is 16.4. The Morgan fingerprint density at radius 1 is 1.44 bits per heavy atom. The standard InChI is InChI=1S/C13H15NO2/c1-16-14-13(15)12-10-7-6-8-4-2-3-5-9(8)11(10)12/h2-5,10-12H,6-7H2,1H3,(H,14,15). The number of hydrogen-bond acceptors (Lipinski definition) is 2. The molecule has 3 atom stereocenters. The van der Waals surface area contributed by atoms with E-state index in [0.29, 0.717) is 11.8 Å². The number of carbonyl (C=O) groups excluding carboxylic acids is 1. The Morgan fingerprint density at radius 3 is 3.06 bits per heavy atom. The molecule has 2 aliphatic carbocycles. The lowest BCUT2D eigenvalue weighted by Gasteiger charge is -2.13. The highest BCUT2D eigenvalue weighted by atomic mass is 16.6. The lowest BCUT2D eigenvalue weighted by atomic mass is 9.92. The highest BCUT2D eigenvalue weighted by Crippen LogP contribution is 2.59. The number of benzene rings is 1. The van der Waals surface area contributed by atoms with E-state index in [9.17, 15) is 4.79 Å². The van der Waals surface area contributed by atoms with Crippen LogP contribution < -0.4 is 5.48 Å². The molecule has 1 amide bonds. The topological polar surface area (TPSA) is 38.3 Å². The summed E-state index contributed by atoms with van der Waals surface area (Å²) in [7, 11) is 1.48. The molecule has 3 nitrogen and oxygen atoms in total. The lowest BCUT2D eigenvalue weighted by molar-refractivity contribution is -0.133. The van der Waals surface area contributed by atoms with Gasteiger partial charge in [-0.3, -0.25) is 9.63 Å². The van der Waals surface area contributed by atoms with Gasteiger partial charge in [0.1, 0.15) is 0 Å². The van der Waals surface area contributed by atoms with Gasteiger partial charge in [-0.15, -0.1) is 0 Å². The SMILES string of the molecule is CONC(=O)C1C2CCc3ccccc3C21. The predicted molar refractivity (Wildman–Crippen MR) is 59.6 cm³/mol. The molecule has 0 aromatic heterocycles. The largest absolute Gasteiger partial charge is 0.277 e. The van der Waals surface area contributed by atoms with Gasteiger partial charge in [0.05, 0.1) is 13.0 Å². The van der Waals surface area contributed by atoms with Crippen molar-refractivity contribution in [2.75, 3.05) is 7.11 Å². The summed E-state index contributed by atoms with van der Waals surface area (Å²) in [6, 6.07) is 8.47. The van der Waals surface area contributed by atoms with Crippen molar-refractivity contribution in [1.29, 1.82) is 0 Å². The van der Waals surface area contributed by atoms with Gasteiger partial charge >= 0.3 is 0 Å². The summed E-state index contributed by atoms with van der Waals surface area (Å²) < 4.78 is 0. The van der Waals surface area contributed by atoms with Gasteiger partial charge in [0.25, 0.3) is 0 Å². The lowest BCUT2D eigenvalue weighted by Crippen LogP contribution is -2.24. The average Bonchev–Trinajstić information content (AvgIpc) is 3.04. The molecule has 3 rings (SSSR count). The van der Waals surface area contributed by atoms with Crippen molar-refractivity contribution < 1.29 is 9.63 Å². The molecule has 0 heterocycles. The summed E-state index contributed by atoms with van der Waals surface area (Å²) in [5.74, 6) is 1.13. The van der Waals surface area contributed by atoms with Gasteiger partial charge in [0.2, 0.25) is 5.91 Å². The first-order valence-corrected chi connectivity index (χ1v) is 5.73. The second-order valence-electron chi connectivity index (χ2n) is 4.62. The fraction of sp³-hybridized carbons (Fsp3) is 0.462. The molecule has 0 spiro atoms. The Balaban J connectivity index is 1.85. The van der Waals surface area contributed by atoms with Crippen LogP contribution in [0.2, 0.25) is 0 Å². The molecule has 1 aromatic rings. The maximum absolute atomic E-state index is 11.7. The van der Waals surface area contributed by atoms with Crippen molar-refractivity contribution in [2.45, 2.75) is 18.8 Å². The van der Waals surface area contributed by atoms with Crippen molar-refractivity contribution in [3.8, 4) is 0 Å². The zero-order valence-corrected chi connectivity index (χ0v) is 9.27. The van der Waals surface area contributed by atoms with Crippen molar-refractivity contribution >= 4 is 5.91 Å². The van der Waals surface area contributed by atoms with Gasteiger partial charge in [0, 0.05) is 0 Å². The molecule has 1 saturated carbocycles. The van der Waals surface area contributed by atoms with E-state index < -0.39 is 0 Å². The molecule has 1 fully saturated rings. The Kier molecular flexibility index (Phi) is 2.21. The van der Waals surface area contributed by atoms with Crippen LogP contribution in [0.4, 0.5) is 0 Å². The van der Waals surface area contributed by atoms with E-state index in [-0.39, 0.29) is 11.8 Å². The minimum Gasteiger partial charge on any atom is -0.277 e. The molecule has 3 heteroatoms. The van der Waals surface area contributed by atoms with Crippen LogP contribution >= 0.6 is 0 Å². The number of rotatable bonds is 2. The zero-order chi connectivity index (χ0) is 11.1. The average molecular weight is 217 g/mol. The number of carbonyl (C=O) groups is 1. The third kappa shape index (κ3) is 1.35. The fourth-order valence-electron chi connectivity index (χ4n) is 3.09. The van der Waals surface area contributed by atoms with Crippen LogP contribution in [-0.2, 0) is 16.1 Å². The molecule has 3 unspecified atom stereocenters. The molecule has 16 heavy (non-hydrogen) atoms. The molecular weight excluding hydrogens is 202 g/mol. The van der Waals surface area contributed by atoms with E-state index in [1.807, 2.05) is 0 Å². The number of amides is 1. The van der Waals surface area contributed by atoms with Crippen LogP contribution in [0.15, 0.2) is 24.3 Å². The van der Waals surface area contributed by atoms with Crippen molar-refractivity contribution in [2.24, 2.45) is 11.8 Å². The van der Waals surface area contributed by atoms with Crippen LogP contribution in [0.3, 0.4) is 0 Å². The monoisotopic (exact) mass is 217 g/mol. The van der Waals surface area contributed by atoms with E-state index in [0.717, 1.165) is 12.8 Å². The van der Waals surface area contributed by atoms with Gasteiger partial charge in [-0.1, -0.05) is 24.3 Å². The van der Waals surface area contributed by atoms with Crippen LogP contribution in [0, 0.1) is 11.8 Å². The summed E-state index contributed by atoms with van der Waals surface area (Å²) in [5, 5.41) is 0. The van der Waals surface area contributed by atoms with Gasteiger partial charge in [0.15, 0.2) is 0 Å². The van der Waals surface area contributed by atoms with Crippen molar-refractivity contribution in [1.82, 2.24) is 5.48 Å². The van der Waals surface area contributed by atoms with E-state index in [2.05, 4.69) is 29.7 Å². The van der Waals surface area contributed by atoms with Crippen molar-refractivity contribution in [3.63, 3.8) is 0 Å². The Bertz CT molecular complexity index is 430. The third-order valence-corrected chi connectivity index (χ3v) is 3.84. The Morgan fingerprint density at radius 2 is 2.25 bits per heavy atom. The summed E-state index contributed by atoms with van der Waals surface area (Å²) in [5.41, 5.74) is 5.24. The van der Waals surface area contributed by atoms with Crippen LogP contribution in [0.25, 0.3) is 0 Å². The van der Waals surface area contributed by atoms with Crippen LogP contribution in [0.1, 0.15) is 23.5 Å². The first-order chi connectivity index (χ1) is 7.83. The van der Waals surface area contributed by atoms with E-state index in [4.69, 9.17) is 4.84 Å². The highest BCUT2D eigenvalue weighted by Gasteiger charge is 2.57. The van der Waals surface area contributed by atoms with Gasteiger partial charge < -0.3 is 0 Å². The van der Waals surface area contributed by atoms with E-state index in [1.165, 1.54) is 18.2 Å². The summed E-state index contributed by atoms with van der Waals surface area (Å²) >= 11 is 0. The minimum atomic E-state index is 0.0363. The zero-order valence-electron chi connectivity index (χ0n) is 9.27. The molecule has 0 aliphatic heterocycles. The maximum Gasteiger partial charge on any atom is 0.247 e. The quantitative estimate of drug-likeness (QED) is 0.765. The van der Waals surface area contributed by atoms with E-state index >= 15 is 0 Å². The number of fused-ring (bicyclic) bond motifs is 3. The molecule has 1 N–H and O–H groups in total. The minimum absolute atomic E-state index is 0.0363. The molecule has 0 saturated heterocycles. The molecule has 0 radical (unpaired) electrons. The highest BCUT2D eigenvalue weighted by molar-refractivity contribution is 5.83. The van der Waals surface area contributed by atoms with Gasteiger partial charge in [-0.25, -0.2) is 5.48 Å². The molecule has 0 bridgehead atoms. The fourth-order valence-corrected chi connectivity index (χ4v) is 3.09. The second kappa shape index (κ2) is 3.59. The molecular formula is C13H15NO2. The normalized spacial score (nSPS) is 30.2.